The number of benzene rings is 2. The molecule has 3 rings (SSSR count). The molecule has 2 aromatic rings. The summed E-state index contributed by atoms with van der Waals surface area (Å²) < 4.78 is 8.20. The smallest absolute Gasteiger partial charge is 0.0636 e. The van der Waals surface area contributed by atoms with Gasteiger partial charge < -0.3 is 0 Å². The molecule has 0 atom stereocenters. The summed E-state index contributed by atoms with van der Waals surface area (Å²) in [6.07, 6.45) is 7.74. The van der Waals surface area contributed by atoms with Crippen molar-refractivity contribution in [1.29, 1.82) is 0 Å². The third kappa shape index (κ3) is 1.41. The highest BCUT2D eigenvalue weighted by Crippen LogP contribution is 2.08. The fraction of sp³-hybridized carbons (Fsp3) is 0. The Bertz CT molecular complexity index is 745. The van der Waals surface area contributed by atoms with Gasteiger partial charge in [-0.05, 0) is 34.2 Å². The Balaban J connectivity index is 2.65. The molecule has 0 aliphatic heterocycles. The van der Waals surface area contributed by atoms with E-state index in [1.165, 1.54) is 0 Å². The summed E-state index contributed by atoms with van der Waals surface area (Å²) in [7, 11) is 0. The van der Waals surface area contributed by atoms with E-state index in [9.17, 15) is 0 Å². The van der Waals surface area contributed by atoms with Crippen molar-refractivity contribution in [3.05, 3.63) is 65.0 Å². The van der Waals surface area contributed by atoms with E-state index in [2.05, 4.69) is 11.8 Å². The van der Waals surface area contributed by atoms with Gasteiger partial charge in [0.25, 0.3) is 0 Å². The number of hydrogen-bond donors (Lipinski definition) is 0. The lowest BCUT2D eigenvalue weighted by Crippen LogP contribution is -2.22. The molecular weight excluding hydrogens is 180 g/mol. The highest BCUT2D eigenvalue weighted by atomic mass is 14.0. The van der Waals surface area contributed by atoms with Crippen LogP contribution in [0.3, 0.4) is 0 Å². The summed E-state index contributed by atoms with van der Waals surface area (Å²) in [5, 5.41) is 4.04. The lowest BCUT2D eigenvalue weighted by Gasteiger charge is -1.96. The van der Waals surface area contributed by atoms with Gasteiger partial charge in [-0.1, -0.05) is 42.5 Å². The molecule has 0 radical (unpaired) electrons. The van der Waals surface area contributed by atoms with Crippen LogP contribution in [0.1, 0.15) is 1.37 Å². The largest absolute Gasteiger partial charge is 0.112 e. The highest BCUT2D eigenvalue weighted by molar-refractivity contribution is 5.83. The second kappa shape index (κ2) is 3.27. The van der Waals surface area contributed by atoms with Gasteiger partial charge in [-0.3, -0.25) is 0 Å². The third-order valence-electron chi connectivity index (χ3n) is 2.53. The molecule has 0 amide bonds. The van der Waals surface area contributed by atoms with Gasteiger partial charge in [0.2, 0.25) is 0 Å². The Labute approximate surface area is 89.6 Å². The van der Waals surface area contributed by atoms with Crippen LogP contribution in [0.2, 0.25) is 0 Å². The minimum atomic E-state index is 0.584. The van der Waals surface area contributed by atoms with Crippen molar-refractivity contribution in [2.75, 3.05) is 0 Å². The van der Waals surface area contributed by atoms with Gasteiger partial charge in [-0.15, -0.1) is 5.73 Å². The summed E-state index contributed by atoms with van der Waals surface area (Å²) in [5.41, 5.74) is 3.20. The van der Waals surface area contributed by atoms with Crippen LogP contribution in [0.4, 0.5) is 0 Å². The van der Waals surface area contributed by atoms with E-state index in [0.717, 1.165) is 21.2 Å². The van der Waals surface area contributed by atoms with Crippen LogP contribution >= 0.6 is 0 Å². The summed E-state index contributed by atoms with van der Waals surface area (Å²) in [4.78, 5) is 0. The van der Waals surface area contributed by atoms with E-state index < -0.39 is 0 Å². The molecule has 0 nitrogen and oxygen atoms in total. The van der Waals surface area contributed by atoms with Crippen LogP contribution in [0, 0.1) is 0 Å². The molecule has 70 valence electrons. The highest BCUT2D eigenvalue weighted by Gasteiger charge is 1.92. The molecule has 0 fully saturated rings. The standard InChI is InChI=1S/C15H10/c1-2-6-12-10-14-8-4-5-9-15(14)11-13(12)7-3-1/h1-6,8-11H/i10D. The predicted molar refractivity (Wildman–Crippen MR) is 64.8 cm³/mol. The van der Waals surface area contributed by atoms with Crippen LogP contribution in [-0.2, 0) is 0 Å². The minimum Gasteiger partial charge on any atom is -0.112 e. The molecule has 15 heavy (non-hydrogen) atoms. The summed E-state index contributed by atoms with van der Waals surface area (Å²) in [6, 6.07) is 10.7. The average Bonchev–Trinajstić information content (AvgIpc) is 2.55. The van der Waals surface area contributed by atoms with E-state index >= 15 is 0 Å². The summed E-state index contributed by atoms with van der Waals surface area (Å²) >= 11 is 0. The molecule has 2 aromatic carbocycles. The monoisotopic (exact) mass is 191 g/mol. The molecule has 1 aliphatic rings. The van der Waals surface area contributed by atoms with Crippen molar-refractivity contribution < 1.29 is 1.37 Å². The molecule has 0 saturated heterocycles. The Hall–Kier alpha value is -2.04. The lowest BCUT2D eigenvalue weighted by molar-refractivity contribution is 1.58. The number of fused-ring (bicyclic) bond motifs is 2. The first-order valence-corrected chi connectivity index (χ1v) is 4.98. The van der Waals surface area contributed by atoms with Gasteiger partial charge in [0.05, 0.1) is 1.37 Å². The van der Waals surface area contributed by atoms with Gasteiger partial charge in [-0.25, -0.2) is 0 Å². The van der Waals surface area contributed by atoms with E-state index in [1.807, 2.05) is 48.6 Å². The molecule has 0 aromatic heterocycles. The zero-order valence-electron chi connectivity index (χ0n) is 9.20. The van der Waals surface area contributed by atoms with E-state index in [1.54, 1.807) is 0 Å². The maximum absolute atomic E-state index is 8.20. The summed E-state index contributed by atoms with van der Waals surface area (Å²) in [5.74, 6) is 0. The van der Waals surface area contributed by atoms with Gasteiger partial charge in [-0.2, -0.15) is 0 Å². The van der Waals surface area contributed by atoms with Crippen molar-refractivity contribution in [2.24, 2.45) is 0 Å². The van der Waals surface area contributed by atoms with Gasteiger partial charge >= 0.3 is 0 Å². The molecule has 0 spiro atoms. The molecule has 0 bridgehead atoms. The topological polar surface area (TPSA) is 0 Å². The Morgan fingerprint density at radius 2 is 1.93 bits per heavy atom. The second-order valence-corrected chi connectivity index (χ2v) is 3.55. The van der Waals surface area contributed by atoms with Crippen LogP contribution < -0.4 is 10.4 Å². The zero-order valence-corrected chi connectivity index (χ0v) is 8.20. The van der Waals surface area contributed by atoms with Crippen molar-refractivity contribution in [3.63, 3.8) is 0 Å². The lowest BCUT2D eigenvalue weighted by atomic mass is 10.1. The maximum Gasteiger partial charge on any atom is 0.0636 e. The first-order valence-electron chi connectivity index (χ1n) is 5.48. The van der Waals surface area contributed by atoms with E-state index in [0.29, 0.717) is 6.04 Å². The van der Waals surface area contributed by atoms with Crippen molar-refractivity contribution in [1.82, 2.24) is 0 Å². The Morgan fingerprint density at radius 3 is 2.87 bits per heavy atom. The van der Waals surface area contributed by atoms with Gasteiger partial charge in [0.15, 0.2) is 0 Å². The van der Waals surface area contributed by atoms with Crippen LogP contribution in [0.25, 0.3) is 22.6 Å². The molecule has 1 aliphatic carbocycles. The van der Waals surface area contributed by atoms with Crippen molar-refractivity contribution in [2.45, 2.75) is 0 Å². The quantitative estimate of drug-likeness (QED) is 0.598. The van der Waals surface area contributed by atoms with Gasteiger partial charge in [0.1, 0.15) is 0 Å². The molecule has 0 heterocycles. The number of hydrogen-bond acceptors (Lipinski definition) is 0. The Morgan fingerprint density at radius 1 is 1.07 bits per heavy atom. The zero-order chi connectivity index (χ0) is 11.0. The second-order valence-electron chi connectivity index (χ2n) is 3.55. The van der Waals surface area contributed by atoms with Crippen LogP contribution in [0.5, 0.6) is 0 Å². The van der Waals surface area contributed by atoms with Gasteiger partial charge in [0, 0.05) is 5.22 Å². The fourth-order valence-electron chi connectivity index (χ4n) is 1.78. The number of allylic oxidation sites excluding steroid dienone is 3. The SMILES string of the molecule is [2H]c1c2c(cc3ccccc13)=C=CC=CC=2. The number of rotatable bonds is 0. The summed E-state index contributed by atoms with van der Waals surface area (Å²) in [6.45, 7) is 0. The van der Waals surface area contributed by atoms with Crippen molar-refractivity contribution in [3.8, 4) is 0 Å². The minimum absolute atomic E-state index is 0.584. The predicted octanol–water partition coefficient (Wildman–Crippen LogP) is 2.13. The van der Waals surface area contributed by atoms with Crippen LogP contribution in [0.15, 0.2) is 54.6 Å². The van der Waals surface area contributed by atoms with E-state index in [-0.39, 0.29) is 0 Å². The third-order valence-corrected chi connectivity index (χ3v) is 2.53. The first-order chi connectivity index (χ1) is 7.86. The maximum atomic E-state index is 8.20. The average molecular weight is 191 g/mol. The molecule has 0 saturated carbocycles. The van der Waals surface area contributed by atoms with Crippen LogP contribution in [-0.4, -0.2) is 0 Å². The molecule has 0 N–H and O–H groups in total. The normalized spacial score (nSPS) is 13.7. The first kappa shape index (κ1) is 7.28. The molecule has 0 heteroatoms. The Kier molecular flexibility index (Phi) is 1.59. The van der Waals surface area contributed by atoms with E-state index in [4.69, 9.17) is 1.37 Å². The van der Waals surface area contributed by atoms with Crippen molar-refractivity contribution >= 4 is 22.6 Å². The molecule has 0 unspecified atom stereocenters. The molecular formula is C15H10. The fourth-order valence-corrected chi connectivity index (χ4v) is 1.78.